The number of carboxylic acid groups (broad SMARTS) is 3. The molecule has 0 aliphatic carbocycles. The fourth-order valence-electron chi connectivity index (χ4n) is 1.86. The van der Waals surface area contributed by atoms with Crippen molar-refractivity contribution in [1.29, 1.82) is 0 Å². The van der Waals surface area contributed by atoms with Gasteiger partial charge in [-0.05, 0) is 18.2 Å². The molecule has 0 fully saturated rings. The molecule has 9 nitrogen and oxygen atoms in total. The van der Waals surface area contributed by atoms with E-state index in [2.05, 4.69) is 14.2 Å². The maximum Gasteiger partial charge on any atom is 0.511 e. The number of benzene rings is 2. The van der Waals surface area contributed by atoms with Crippen molar-refractivity contribution in [3.63, 3.8) is 0 Å². The van der Waals surface area contributed by atoms with Gasteiger partial charge in [-0.15, -0.1) is 0 Å². The molecule has 0 bridgehead atoms. The summed E-state index contributed by atoms with van der Waals surface area (Å²) in [6.45, 7) is 0. The summed E-state index contributed by atoms with van der Waals surface area (Å²) in [5, 5.41) is 26.2. The van der Waals surface area contributed by atoms with Crippen molar-refractivity contribution in [2.24, 2.45) is 0 Å². The lowest BCUT2D eigenvalue weighted by atomic mass is 10.1. The predicted octanol–water partition coefficient (Wildman–Crippen LogP) is 3.01. The molecule has 0 radical (unpaired) electrons. The van der Waals surface area contributed by atoms with Gasteiger partial charge in [0, 0.05) is 5.39 Å². The quantitative estimate of drug-likeness (QED) is 0.576. The van der Waals surface area contributed by atoms with Gasteiger partial charge in [-0.2, -0.15) is 0 Å². The molecule has 3 N–H and O–H groups in total. The van der Waals surface area contributed by atoms with E-state index in [1.807, 2.05) is 0 Å². The highest BCUT2D eigenvalue weighted by Crippen LogP contribution is 2.39. The molecule has 0 atom stereocenters. The Kier molecular flexibility index (Phi) is 3.98. The van der Waals surface area contributed by atoms with E-state index in [0.29, 0.717) is 0 Å². The van der Waals surface area contributed by atoms with E-state index < -0.39 is 18.5 Å². The molecular weight excluding hydrogens is 300 g/mol. The van der Waals surface area contributed by atoms with Crippen LogP contribution in [0.25, 0.3) is 10.8 Å². The van der Waals surface area contributed by atoms with Crippen LogP contribution in [0.3, 0.4) is 0 Å². The molecule has 0 saturated carbocycles. The van der Waals surface area contributed by atoms with Gasteiger partial charge in [-0.25, -0.2) is 14.4 Å². The van der Waals surface area contributed by atoms with Gasteiger partial charge in [0.15, 0.2) is 0 Å². The summed E-state index contributed by atoms with van der Waals surface area (Å²) in [6, 6.07) is 6.36. The SMILES string of the molecule is O=C(O)Oc1ccc(OC(=O)O)c2c(OC(=O)O)cccc12. The van der Waals surface area contributed by atoms with Gasteiger partial charge in [0.25, 0.3) is 0 Å². The topological polar surface area (TPSA) is 140 Å². The van der Waals surface area contributed by atoms with Gasteiger partial charge < -0.3 is 29.5 Å². The Bertz CT molecular complexity index is 743. The fraction of sp³-hybridized carbons (Fsp3) is 0. The number of fused-ring (bicyclic) bond motifs is 1. The minimum Gasteiger partial charge on any atom is -0.449 e. The van der Waals surface area contributed by atoms with Gasteiger partial charge in [-0.3, -0.25) is 0 Å². The van der Waals surface area contributed by atoms with E-state index in [4.69, 9.17) is 15.3 Å². The third-order valence-corrected chi connectivity index (χ3v) is 2.52. The lowest BCUT2D eigenvalue weighted by molar-refractivity contribution is 0.141. The molecule has 0 aliphatic heterocycles. The maximum absolute atomic E-state index is 10.7. The van der Waals surface area contributed by atoms with E-state index in [1.54, 1.807) is 0 Å². The molecule has 0 unspecified atom stereocenters. The van der Waals surface area contributed by atoms with Gasteiger partial charge in [0.05, 0.1) is 5.39 Å². The number of rotatable bonds is 3. The molecule has 0 amide bonds. The Hall–Kier alpha value is -3.49. The summed E-state index contributed by atoms with van der Waals surface area (Å²) < 4.78 is 13.7. The first kappa shape index (κ1) is 14.9. The molecule has 2 aromatic carbocycles. The Morgan fingerprint density at radius 2 is 1.14 bits per heavy atom. The van der Waals surface area contributed by atoms with Crippen molar-refractivity contribution in [1.82, 2.24) is 0 Å². The van der Waals surface area contributed by atoms with Crippen LogP contribution in [0, 0.1) is 0 Å². The number of hydrogen-bond donors (Lipinski definition) is 3. The van der Waals surface area contributed by atoms with Crippen LogP contribution in [-0.4, -0.2) is 33.8 Å². The lowest BCUT2D eigenvalue weighted by Crippen LogP contribution is -2.08. The first-order chi connectivity index (χ1) is 10.4. The van der Waals surface area contributed by atoms with Crippen LogP contribution in [0.5, 0.6) is 17.2 Å². The molecule has 0 aromatic heterocycles. The van der Waals surface area contributed by atoms with E-state index in [1.165, 1.54) is 24.3 Å². The van der Waals surface area contributed by atoms with Gasteiger partial charge in [-0.1, -0.05) is 12.1 Å². The van der Waals surface area contributed by atoms with Crippen molar-refractivity contribution in [3.05, 3.63) is 30.3 Å². The third kappa shape index (κ3) is 3.15. The summed E-state index contributed by atoms with van der Waals surface area (Å²) in [7, 11) is 0. The van der Waals surface area contributed by atoms with Crippen LogP contribution in [0.1, 0.15) is 0 Å². The number of hydrogen-bond acceptors (Lipinski definition) is 6. The van der Waals surface area contributed by atoms with Crippen molar-refractivity contribution >= 4 is 29.2 Å². The Labute approximate surface area is 121 Å². The van der Waals surface area contributed by atoms with E-state index in [9.17, 15) is 14.4 Å². The standard InChI is InChI=1S/C13H8O9/c14-11(15)20-7-4-5-9(22-13(18)19)10-6(7)2-1-3-8(10)21-12(16)17/h1-5H,(H,14,15)(H,16,17)(H,18,19). The molecular formula is C13H8O9. The van der Waals surface area contributed by atoms with Crippen LogP contribution < -0.4 is 14.2 Å². The summed E-state index contributed by atoms with van der Waals surface area (Å²) in [6.07, 6.45) is -4.84. The van der Waals surface area contributed by atoms with E-state index in [-0.39, 0.29) is 28.0 Å². The van der Waals surface area contributed by atoms with Gasteiger partial charge in [0.1, 0.15) is 17.2 Å². The smallest absolute Gasteiger partial charge is 0.449 e. The summed E-state index contributed by atoms with van der Waals surface area (Å²) in [4.78, 5) is 32.1. The normalized spacial score (nSPS) is 10.0. The second-order valence-electron chi connectivity index (χ2n) is 3.84. The van der Waals surface area contributed by atoms with Crippen LogP contribution in [0.2, 0.25) is 0 Å². The Morgan fingerprint density at radius 1 is 0.682 bits per heavy atom. The van der Waals surface area contributed by atoms with Crippen molar-refractivity contribution < 1.29 is 43.9 Å². The number of carbonyl (C=O) groups is 3. The van der Waals surface area contributed by atoms with Gasteiger partial charge >= 0.3 is 18.5 Å². The van der Waals surface area contributed by atoms with Gasteiger partial charge in [0.2, 0.25) is 0 Å². The first-order valence-electron chi connectivity index (χ1n) is 5.66. The second kappa shape index (κ2) is 5.87. The highest BCUT2D eigenvalue weighted by atomic mass is 16.7. The zero-order valence-corrected chi connectivity index (χ0v) is 10.7. The number of ether oxygens (including phenoxy) is 3. The van der Waals surface area contributed by atoms with E-state index in [0.717, 1.165) is 6.07 Å². The van der Waals surface area contributed by atoms with E-state index >= 15 is 0 Å². The average Bonchev–Trinajstić information content (AvgIpc) is 2.40. The minimum atomic E-state index is -1.63. The third-order valence-electron chi connectivity index (χ3n) is 2.52. The van der Waals surface area contributed by atoms with Crippen molar-refractivity contribution in [2.45, 2.75) is 0 Å². The second-order valence-corrected chi connectivity index (χ2v) is 3.84. The van der Waals surface area contributed by atoms with Crippen molar-refractivity contribution in [2.75, 3.05) is 0 Å². The maximum atomic E-state index is 10.7. The molecule has 9 heteroatoms. The highest BCUT2D eigenvalue weighted by molar-refractivity contribution is 6.00. The average molecular weight is 308 g/mol. The molecule has 0 spiro atoms. The highest BCUT2D eigenvalue weighted by Gasteiger charge is 2.18. The van der Waals surface area contributed by atoms with Crippen LogP contribution in [-0.2, 0) is 0 Å². The molecule has 2 aromatic rings. The van der Waals surface area contributed by atoms with Crippen molar-refractivity contribution in [3.8, 4) is 17.2 Å². The summed E-state index contributed by atoms with van der Waals surface area (Å²) >= 11 is 0. The summed E-state index contributed by atoms with van der Waals surface area (Å²) in [5.74, 6) is -0.578. The van der Waals surface area contributed by atoms with Crippen LogP contribution in [0.4, 0.5) is 14.4 Å². The molecule has 0 saturated heterocycles. The molecule has 0 aliphatic rings. The zero-order chi connectivity index (χ0) is 16.3. The molecule has 2 rings (SSSR count). The predicted molar refractivity (Wildman–Crippen MR) is 69.9 cm³/mol. The zero-order valence-electron chi connectivity index (χ0n) is 10.7. The largest absolute Gasteiger partial charge is 0.511 e. The fourth-order valence-corrected chi connectivity index (χ4v) is 1.86. The minimum absolute atomic E-state index is 0.0500. The molecule has 114 valence electrons. The Balaban J connectivity index is 2.71. The summed E-state index contributed by atoms with van der Waals surface area (Å²) in [5.41, 5.74) is 0. The monoisotopic (exact) mass is 308 g/mol. The van der Waals surface area contributed by atoms with Crippen LogP contribution in [0.15, 0.2) is 30.3 Å². The first-order valence-corrected chi connectivity index (χ1v) is 5.66. The van der Waals surface area contributed by atoms with Crippen LogP contribution >= 0.6 is 0 Å². The molecule has 0 heterocycles. The lowest BCUT2D eigenvalue weighted by Gasteiger charge is -2.12. The molecule has 22 heavy (non-hydrogen) atoms. The Morgan fingerprint density at radius 3 is 1.68 bits per heavy atom.